The molecule has 0 aliphatic carbocycles. The molecule has 0 aliphatic heterocycles. The van der Waals surface area contributed by atoms with Crippen molar-refractivity contribution in [2.24, 2.45) is 0 Å². The first kappa shape index (κ1) is 92.3. The van der Waals surface area contributed by atoms with E-state index in [0.29, 0.717) is 11.1 Å². The average Bonchev–Trinajstić information content (AvgIpc) is 1.57. The minimum atomic E-state index is 0.610. The van der Waals surface area contributed by atoms with Gasteiger partial charge in [-0.05, 0) is 369 Å². The summed E-state index contributed by atoms with van der Waals surface area (Å²) in [5.74, 6) is 0. The monoisotopic (exact) mass is 1880 g/mol. The first-order valence-electron chi connectivity index (χ1n) is 50.9. The van der Waals surface area contributed by atoms with E-state index in [0.717, 1.165) is 133 Å². The Morgan fingerprint density at radius 2 is 0.356 bits per heavy atom. The van der Waals surface area contributed by atoms with Gasteiger partial charge in [-0.1, -0.05) is 308 Å². The van der Waals surface area contributed by atoms with Crippen LogP contribution in [0.5, 0.6) is 0 Å². The van der Waals surface area contributed by atoms with Crippen LogP contribution in [0.25, 0.3) is 221 Å². The van der Waals surface area contributed by atoms with Crippen LogP contribution in [0.15, 0.2) is 364 Å². The van der Waals surface area contributed by atoms with Crippen molar-refractivity contribution in [1.82, 2.24) is 18.3 Å². The maximum Gasteiger partial charge on any atom is 0.101 e. The molecule has 24 aromatic rings. The van der Waals surface area contributed by atoms with Gasteiger partial charge in [0.15, 0.2) is 0 Å². The molecule has 20 aromatic carbocycles. The van der Waals surface area contributed by atoms with Crippen molar-refractivity contribution >= 4 is 87.2 Å². The van der Waals surface area contributed by atoms with Crippen molar-refractivity contribution in [3.8, 4) is 146 Å². The van der Waals surface area contributed by atoms with Crippen LogP contribution >= 0.6 is 0 Å². The number of nitrogens with zero attached hydrogens (tertiary/aromatic N) is 6. The van der Waals surface area contributed by atoms with Crippen LogP contribution in [0.3, 0.4) is 0 Å². The molecule has 0 aliphatic rings. The summed E-state index contributed by atoms with van der Waals surface area (Å²) in [6.45, 7) is 39.2. The largest absolute Gasteiger partial charge is 0.309 e. The Bertz CT molecular complexity index is 9230. The molecule has 6 nitrogen and oxygen atoms in total. The van der Waals surface area contributed by atoms with E-state index >= 15 is 0 Å². The number of aryl methyl sites for hydroxylation is 18. The minimum absolute atomic E-state index is 0.610. The summed E-state index contributed by atoms with van der Waals surface area (Å²) >= 11 is 0. The lowest BCUT2D eigenvalue weighted by Gasteiger charge is -2.20. The first-order chi connectivity index (χ1) is 70.6. The number of aromatic nitrogens is 4. The number of para-hydroxylation sites is 2. The Morgan fingerprint density at radius 1 is 0.151 bits per heavy atom. The zero-order chi connectivity index (χ0) is 101. The van der Waals surface area contributed by atoms with Crippen LogP contribution in [0.2, 0.25) is 0 Å². The van der Waals surface area contributed by atoms with Gasteiger partial charge >= 0.3 is 0 Å². The van der Waals surface area contributed by atoms with Gasteiger partial charge in [0.05, 0.1) is 78.0 Å². The lowest BCUT2D eigenvalue weighted by molar-refractivity contribution is 1.15. The van der Waals surface area contributed by atoms with Crippen molar-refractivity contribution in [2.75, 3.05) is 0 Å². The number of nitriles is 2. The van der Waals surface area contributed by atoms with Gasteiger partial charge in [0.25, 0.3) is 0 Å². The number of hydrogen-bond acceptors (Lipinski definition) is 2. The van der Waals surface area contributed by atoms with Gasteiger partial charge < -0.3 is 18.3 Å². The Kier molecular flexibility index (Phi) is 23.1. The average molecular weight is 1880 g/mol. The van der Waals surface area contributed by atoms with E-state index in [-0.39, 0.29) is 0 Å². The molecule has 0 atom stereocenters. The summed E-state index contributed by atoms with van der Waals surface area (Å²) in [4.78, 5) is 0. The highest BCUT2D eigenvalue weighted by atomic mass is 15.0. The second-order valence-electron chi connectivity index (χ2n) is 41.6. The number of hydrogen-bond donors (Lipinski definition) is 0. The van der Waals surface area contributed by atoms with E-state index in [2.05, 4.69) is 495 Å². The highest BCUT2D eigenvalue weighted by Gasteiger charge is 2.29. The van der Waals surface area contributed by atoms with Gasteiger partial charge in [-0.3, -0.25) is 0 Å². The smallest absolute Gasteiger partial charge is 0.101 e. The first-order valence-corrected chi connectivity index (χ1v) is 50.9. The minimum Gasteiger partial charge on any atom is -0.309 e. The molecular formula is C140H114N6. The summed E-state index contributed by atoms with van der Waals surface area (Å²) in [6.07, 6.45) is 0. The second kappa shape index (κ2) is 36.5. The quantitative estimate of drug-likeness (QED) is 0.109. The van der Waals surface area contributed by atoms with Crippen molar-refractivity contribution < 1.29 is 0 Å². The van der Waals surface area contributed by atoms with E-state index in [1.807, 2.05) is 24.3 Å². The third kappa shape index (κ3) is 16.4. The Hall–Kier alpha value is -17.4. The molecule has 146 heavy (non-hydrogen) atoms. The molecular weight excluding hydrogens is 1770 g/mol. The molecule has 4 aromatic heterocycles. The van der Waals surface area contributed by atoms with E-state index in [4.69, 9.17) is 0 Å². The second-order valence-corrected chi connectivity index (χ2v) is 41.6. The standard InChI is InChI=1S/2C70H57N3/c1-41-13-22-55(46(6)31-41)50-18-27-66-61(36-50)62-37-51(56-23-14-42(2)32-47(56)7)19-28-67(62)72(66)65-26-17-45(5)35-60(65)59-12-10-11-54(40-71)70(59)73-68-29-20-52(57-24-15-43(3)33-48(57)8)38-63(68)64-39-53(21-30-69(64)73)58-25-16-44(4)34-49(58)9;1-41-13-18-65(72-66-19-14-50(55-27-42(2)23-43(3)28-55)36-61(66)62-37-51(15-20-67(62)72)56-29-44(4)24-45(5)30-56)60(35-41)59-12-10-11-54(40-71)70(59)73-68-21-16-52(57-31-46(6)25-47(7)32-57)38-63(68)64-39-53(17-22-69(64)73)58-33-48(8)26-49(9)34-58/h2*10-39H,1-9H3. The molecule has 6 heteroatoms. The number of fused-ring (bicyclic) bond motifs is 12. The maximum absolute atomic E-state index is 11.3. The molecule has 0 saturated carbocycles. The molecule has 0 N–H and O–H groups in total. The molecule has 0 spiro atoms. The summed E-state index contributed by atoms with van der Waals surface area (Å²) < 4.78 is 9.63. The van der Waals surface area contributed by atoms with E-state index in [9.17, 15) is 10.5 Å². The van der Waals surface area contributed by atoms with Crippen LogP contribution in [-0.4, -0.2) is 18.3 Å². The number of rotatable bonds is 14. The zero-order valence-electron chi connectivity index (χ0n) is 86.3. The third-order valence-electron chi connectivity index (χ3n) is 30.2. The summed E-state index contributed by atoms with van der Waals surface area (Å²) in [7, 11) is 0. The molecule has 0 amide bonds. The highest BCUT2D eigenvalue weighted by Crippen LogP contribution is 2.50. The molecule has 0 saturated heterocycles. The predicted octanol–water partition coefficient (Wildman–Crippen LogP) is 37.7. The van der Waals surface area contributed by atoms with Crippen LogP contribution in [0.1, 0.15) is 111 Å². The molecule has 4 heterocycles. The molecule has 0 radical (unpaired) electrons. The Morgan fingerprint density at radius 3 is 0.582 bits per heavy atom. The zero-order valence-corrected chi connectivity index (χ0v) is 86.3. The lowest BCUT2D eigenvalue weighted by Crippen LogP contribution is -2.04. The Labute approximate surface area is 856 Å². The van der Waals surface area contributed by atoms with Gasteiger partial charge in [-0.2, -0.15) is 10.5 Å². The fraction of sp³-hybridized carbons (Fsp3) is 0.129. The molecule has 0 bridgehead atoms. The molecule has 704 valence electrons. The highest BCUT2D eigenvalue weighted by molar-refractivity contribution is 6.17. The van der Waals surface area contributed by atoms with Crippen LogP contribution in [-0.2, 0) is 0 Å². The van der Waals surface area contributed by atoms with Crippen molar-refractivity contribution in [1.29, 1.82) is 10.5 Å². The van der Waals surface area contributed by atoms with Gasteiger partial charge in [0.2, 0.25) is 0 Å². The molecule has 0 unspecified atom stereocenters. The SMILES string of the molecule is Cc1cc(C)cc(-c2ccc3c(c2)c2cc(-c4cc(C)cc(C)c4)ccc2n3-c2ccc(C)cc2-c2cccc(C#N)c2-n2c3ccc(-c4cc(C)cc(C)c4)cc3c3cc(-c4cc(C)cc(C)c4)ccc32)c1.Cc1ccc(-c2ccc3c(c2)c2cc(-c4ccc(C)cc4C)ccc2n3-c2ccc(C)cc2-c2cccc(C#N)c2-n2c3ccc(-c4ccc(C)cc4C)cc3c3cc(-c4ccc(C)cc4C)ccc32)c(C)c1. The number of benzene rings is 20. The topological polar surface area (TPSA) is 67.3 Å². The van der Waals surface area contributed by atoms with E-state index in [1.165, 1.54) is 188 Å². The molecule has 0 fully saturated rings. The molecule has 24 rings (SSSR count). The Balaban J connectivity index is 0.000000161. The summed E-state index contributed by atoms with van der Waals surface area (Å²) in [5, 5.41) is 31.8. The fourth-order valence-corrected chi connectivity index (χ4v) is 23.9. The van der Waals surface area contributed by atoms with Crippen molar-refractivity contribution in [3.05, 3.63) is 475 Å². The van der Waals surface area contributed by atoms with Gasteiger partial charge in [-0.25, -0.2) is 0 Å². The fourth-order valence-electron chi connectivity index (χ4n) is 23.9. The van der Waals surface area contributed by atoms with Gasteiger partial charge in [0.1, 0.15) is 12.1 Å². The van der Waals surface area contributed by atoms with Gasteiger partial charge in [-0.15, -0.1) is 0 Å². The van der Waals surface area contributed by atoms with Crippen LogP contribution in [0, 0.1) is 147 Å². The van der Waals surface area contributed by atoms with E-state index < -0.39 is 0 Å². The third-order valence-corrected chi connectivity index (χ3v) is 30.2. The summed E-state index contributed by atoms with van der Waals surface area (Å²) in [6, 6.07) is 141. The normalized spacial score (nSPS) is 11.6. The van der Waals surface area contributed by atoms with Gasteiger partial charge in [0, 0.05) is 65.3 Å². The van der Waals surface area contributed by atoms with Crippen molar-refractivity contribution in [2.45, 2.75) is 125 Å². The lowest BCUT2D eigenvalue weighted by atomic mass is 9.95. The maximum atomic E-state index is 11.3. The van der Waals surface area contributed by atoms with Crippen molar-refractivity contribution in [3.63, 3.8) is 0 Å². The van der Waals surface area contributed by atoms with Crippen LogP contribution < -0.4 is 0 Å². The van der Waals surface area contributed by atoms with Crippen LogP contribution in [0.4, 0.5) is 0 Å². The van der Waals surface area contributed by atoms with E-state index in [1.54, 1.807) is 0 Å². The summed E-state index contributed by atoms with van der Waals surface area (Å²) in [5.41, 5.74) is 59.3. The predicted molar refractivity (Wildman–Crippen MR) is 619 cm³/mol.